The van der Waals surface area contributed by atoms with E-state index in [0.29, 0.717) is 0 Å². The highest BCUT2D eigenvalue weighted by Gasteiger charge is 2.00. The highest BCUT2D eigenvalue weighted by Crippen LogP contribution is 2.27. The van der Waals surface area contributed by atoms with Crippen LogP contribution in [0.15, 0.2) is 35.7 Å². The van der Waals surface area contributed by atoms with Gasteiger partial charge in [0, 0.05) is 11.1 Å². The molecule has 3 N–H and O–H groups in total. The fourth-order valence-electron chi connectivity index (χ4n) is 1.31. The molecule has 0 aliphatic carbocycles. The molecule has 0 unspecified atom stereocenters. The molecule has 0 saturated heterocycles. The Hall–Kier alpha value is -1.99. The molecule has 2 aromatic rings. The maximum Gasteiger partial charge on any atom is 0.181 e. The van der Waals surface area contributed by atoms with Crippen LogP contribution in [0.4, 0.5) is 10.7 Å². The van der Waals surface area contributed by atoms with Gasteiger partial charge in [-0.2, -0.15) is 5.26 Å². The third-order valence-corrected chi connectivity index (χ3v) is 2.80. The van der Waals surface area contributed by atoms with Crippen molar-refractivity contribution in [2.45, 2.75) is 0 Å². The first-order chi connectivity index (χ1) is 7.29. The van der Waals surface area contributed by atoms with E-state index in [2.05, 4.69) is 5.32 Å². The molecular formula is C11H9N3S. The molecule has 15 heavy (non-hydrogen) atoms. The van der Waals surface area contributed by atoms with E-state index in [9.17, 15) is 0 Å². The van der Waals surface area contributed by atoms with E-state index in [-0.39, 0.29) is 0 Å². The standard InChI is InChI=1S/C11H9N3S/c12-7-14-10-3-1-8(2-4-10)9-5-11(13)15-6-9/h1-6,14H,13H2. The van der Waals surface area contributed by atoms with Crippen molar-refractivity contribution < 1.29 is 0 Å². The lowest BCUT2D eigenvalue weighted by molar-refractivity contribution is 1.47. The molecule has 1 aromatic heterocycles. The Kier molecular flexibility index (Phi) is 2.57. The van der Waals surface area contributed by atoms with Crippen LogP contribution in [0, 0.1) is 11.5 Å². The third kappa shape index (κ3) is 2.09. The number of nitrogens with zero attached hydrogens (tertiary/aromatic N) is 1. The van der Waals surface area contributed by atoms with Gasteiger partial charge < -0.3 is 5.73 Å². The van der Waals surface area contributed by atoms with Crippen molar-refractivity contribution in [2.75, 3.05) is 11.1 Å². The zero-order valence-corrected chi connectivity index (χ0v) is 8.71. The van der Waals surface area contributed by atoms with Crippen LogP contribution < -0.4 is 11.1 Å². The molecule has 0 amide bonds. The highest BCUT2D eigenvalue weighted by atomic mass is 32.1. The number of nitriles is 1. The summed E-state index contributed by atoms with van der Waals surface area (Å²) in [4.78, 5) is 0. The van der Waals surface area contributed by atoms with E-state index < -0.39 is 0 Å². The van der Waals surface area contributed by atoms with E-state index >= 15 is 0 Å². The van der Waals surface area contributed by atoms with Crippen molar-refractivity contribution >= 4 is 22.0 Å². The zero-order valence-electron chi connectivity index (χ0n) is 7.90. The van der Waals surface area contributed by atoms with Crippen LogP contribution in [-0.2, 0) is 0 Å². The number of benzene rings is 1. The maximum atomic E-state index is 8.43. The molecule has 2 rings (SSSR count). The van der Waals surface area contributed by atoms with E-state index in [4.69, 9.17) is 11.0 Å². The summed E-state index contributed by atoms with van der Waals surface area (Å²) in [5, 5.41) is 13.8. The van der Waals surface area contributed by atoms with Crippen molar-refractivity contribution in [2.24, 2.45) is 0 Å². The average molecular weight is 215 g/mol. The van der Waals surface area contributed by atoms with Gasteiger partial charge in [0.2, 0.25) is 0 Å². The third-order valence-electron chi connectivity index (χ3n) is 2.04. The highest BCUT2D eigenvalue weighted by molar-refractivity contribution is 7.14. The molecule has 4 heteroatoms. The van der Waals surface area contributed by atoms with Gasteiger partial charge in [-0.25, -0.2) is 0 Å². The normalized spacial score (nSPS) is 9.53. The van der Waals surface area contributed by atoms with Gasteiger partial charge in [-0.3, -0.25) is 5.32 Å². The number of nitrogens with two attached hydrogens (primary N) is 1. The molecule has 0 fully saturated rings. The van der Waals surface area contributed by atoms with Gasteiger partial charge in [0.25, 0.3) is 0 Å². The van der Waals surface area contributed by atoms with E-state index in [1.165, 1.54) is 11.3 Å². The van der Waals surface area contributed by atoms with Gasteiger partial charge in [-0.05, 0) is 29.3 Å². The van der Waals surface area contributed by atoms with Gasteiger partial charge >= 0.3 is 0 Å². The summed E-state index contributed by atoms with van der Waals surface area (Å²) in [6.07, 6.45) is 1.88. The van der Waals surface area contributed by atoms with E-state index in [0.717, 1.165) is 21.8 Å². The van der Waals surface area contributed by atoms with Crippen molar-refractivity contribution in [1.29, 1.82) is 5.26 Å². The van der Waals surface area contributed by atoms with Gasteiger partial charge in [-0.15, -0.1) is 11.3 Å². The first-order valence-corrected chi connectivity index (χ1v) is 5.27. The first-order valence-electron chi connectivity index (χ1n) is 4.39. The molecule has 0 spiro atoms. The molecule has 74 valence electrons. The topological polar surface area (TPSA) is 61.8 Å². The second kappa shape index (κ2) is 4.03. The summed E-state index contributed by atoms with van der Waals surface area (Å²) in [7, 11) is 0. The van der Waals surface area contributed by atoms with Crippen LogP contribution in [0.3, 0.4) is 0 Å². The molecule has 1 heterocycles. The second-order valence-electron chi connectivity index (χ2n) is 3.05. The van der Waals surface area contributed by atoms with Gasteiger partial charge in [0.15, 0.2) is 6.19 Å². The minimum Gasteiger partial charge on any atom is -0.391 e. The smallest absolute Gasteiger partial charge is 0.181 e. The Morgan fingerprint density at radius 2 is 1.93 bits per heavy atom. The predicted molar refractivity (Wildman–Crippen MR) is 63.4 cm³/mol. The van der Waals surface area contributed by atoms with Crippen LogP contribution in [0.5, 0.6) is 0 Å². The lowest BCUT2D eigenvalue weighted by Crippen LogP contribution is -1.85. The quantitative estimate of drug-likeness (QED) is 0.598. The number of nitrogens with one attached hydrogen (secondary N) is 1. The second-order valence-corrected chi connectivity index (χ2v) is 3.99. The summed E-state index contributed by atoms with van der Waals surface area (Å²) in [6.45, 7) is 0. The van der Waals surface area contributed by atoms with Crippen LogP contribution in [0.2, 0.25) is 0 Å². The maximum absolute atomic E-state index is 8.43. The molecule has 0 aliphatic rings. The number of nitrogen functional groups attached to an aromatic ring is 1. The first kappa shape index (κ1) is 9.56. The number of hydrogen-bond acceptors (Lipinski definition) is 4. The number of rotatable bonds is 2. The lowest BCUT2D eigenvalue weighted by atomic mass is 10.1. The van der Waals surface area contributed by atoms with Crippen LogP contribution in [0.25, 0.3) is 11.1 Å². The molecule has 0 radical (unpaired) electrons. The van der Waals surface area contributed by atoms with Crippen LogP contribution in [0.1, 0.15) is 0 Å². The fraction of sp³-hybridized carbons (Fsp3) is 0. The minimum absolute atomic E-state index is 0.796. The number of hydrogen-bond donors (Lipinski definition) is 2. The Labute approximate surface area is 91.8 Å². The molecule has 3 nitrogen and oxygen atoms in total. The van der Waals surface area contributed by atoms with E-state index in [1.54, 1.807) is 0 Å². The summed E-state index contributed by atoms with van der Waals surface area (Å²) < 4.78 is 0. The Bertz CT molecular complexity index is 493. The molecular weight excluding hydrogens is 206 g/mol. The number of thiophene rings is 1. The summed E-state index contributed by atoms with van der Waals surface area (Å²) in [5.41, 5.74) is 8.67. The van der Waals surface area contributed by atoms with Crippen molar-refractivity contribution in [3.63, 3.8) is 0 Å². The molecule has 1 aromatic carbocycles. The monoisotopic (exact) mass is 215 g/mol. The zero-order chi connectivity index (χ0) is 10.7. The van der Waals surface area contributed by atoms with Gasteiger partial charge in [0.1, 0.15) is 0 Å². The Balaban J connectivity index is 2.28. The van der Waals surface area contributed by atoms with Gasteiger partial charge in [-0.1, -0.05) is 12.1 Å². The minimum atomic E-state index is 0.796. The summed E-state index contributed by atoms with van der Waals surface area (Å²) in [6, 6.07) is 9.60. The van der Waals surface area contributed by atoms with Crippen molar-refractivity contribution in [3.8, 4) is 17.3 Å². The Morgan fingerprint density at radius 1 is 1.20 bits per heavy atom. The fourth-order valence-corrected chi connectivity index (χ4v) is 1.98. The largest absolute Gasteiger partial charge is 0.391 e. The lowest BCUT2D eigenvalue weighted by Gasteiger charge is -1.99. The predicted octanol–water partition coefficient (Wildman–Crippen LogP) is 2.89. The van der Waals surface area contributed by atoms with Gasteiger partial charge in [0.05, 0.1) is 5.00 Å². The Morgan fingerprint density at radius 3 is 2.47 bits per heavy atom. The van der Waals surface area contributed by atoms with Crippen LogP contribution >= 0.6 is 11.3 Å². The number of anilines is 2. The molecule has 0 atom stereocenters. The van der Waals surface area contributed by atoms with Crippen molar-refractivity contribution in [3.05, 3.63) is 35.7 Å². The summed E-state index contributed by atoms with van der Waals surface area (Å²) in [5.74, 6) is 0. The SMILES string of the molecule is N#CNc1ccc(-c2csc(N)c2)cc1. The summed E-state index contributed by atoms with van der Waals surface area (Å²) >= 11 is 1.52. The molecule has 0 saturated carbocycles. The molecule has 0 bridgehead atoms. The van der Waals surface area contributed by atoms with E-state index in [1.807, 2.05) is 41.9 Å². The average Bonchev–Trinajstić information content (AvgIpc) is 2.67. The molecule has 0 aliphatic heterocycles. The van der Waals surface area contributed by atoms with Crippen molar-refractivity contribution in [1.82, 2.24) is 0 Å². The van der Waals surface area contributed by atoms with Crippen LogP contribution in [-0.4, -0.2) is 0 Å².